The molecule has 0 saturated carbocycles. The number of nitriles is 1. The Morgan fingerprint density at radius 1 is 1.10 bits per heavy atom. The van der Waals surface area contributed by atoms with Crippen LogP contribution in [0.2, 0.25) is 0 Å². The molecule has 1 fully saturated rings. The monoisotopic (exact) mass is 422 g/mol. The molecule has 8 heteroatoms. The Balaban J connectivity index is 1.68. The first-order valence-corrected chi connectivity index (χ1v) is 11.1. The molecular formula is C22H22N4O3S. The molecule has 0 amide bonds. The Kier molecular flexibility index (Phi) is 5.35. The Labute approximate surface area is 175 Å². The first-order valence-electron chi connectivity index (χ1n) is 9.54. The fourth-order valence-electron chi connectivity index (χ4n) is 3.68. The summed E-state index contributed by atoms with van der Waals surface area (Å²) in [6.07, 6.45) is 1.29. The molecule has 7 nitrogen and oxygen atoms in total. The number of hydrogen-bond donors (Lipinski definition) is 1. The third-order valence-corrected chi connectivity index (χ3v) is 6.17. The molecule has 1 saturated heterocycles. The van der Waals surface area contributed by atoms with Crippen LogP contribution in [0, 0.1) is 11.3 Å². The van der Waals surface area contributed by atoms with E-state index in [1.54, 1.807) is 12.1 Å². The van der Waals surface area contributed by atoms with Gasteiger partial charge in [-0.15, -0.1) is 0 Å². The van der Waals surface area contributed by atoms with Crippen LogP contribution >= 0.6 is 0 Å². The van der Waals surface area contributed by atoms with Crippen LogP contribution in [0.25, 0.3) is 28.1 Å². The average Bonchev–Trinajstić information content (AvgIpc) is 3.11. The Morgan fingerprint density at radius 3 is 2.50 bits per heavy atom. The highest BCUT2D eigenvalue weighted by Gasteiger charge is 2.14. The fraction of sp³-hybridized carbons (Fsp3) is 0.227. The molecule has 0 atom stereocenters. The number of primary sulfonamides is 1. The lowest BCUT2D eigenvalue weighted by Crippen LogP contribution is -2.36. The minimum atomic E-state index is -4.05. The van der Waals surface area contributed by atoms with Crippen molar-refractivity contribution in [3.63, 3.8) is 0 Å². The molecule has 2 aromatic carbocycles. The van der Waals surface area contributed by atoms with Crippen LogP contribution in [0.5, 0.6) is 0 Å². The Bertz CT molecular complexity index is 1280. The molecule has 2 heterocycles. The van der Waals surface area contributed by atoms with Gasteiger partial charge in [0.25, 0.3) is 0 Å². The highest BCUT2D eigenvalue weighted by atomic mass is 32.2. The van der Waals surface area contributed by atoms with E-state index in [2.05, 4.69) is 35.2 Å². The molecule has 0 bridgehead atoms. The highest BCUT2D eigenvalue weighted by molar-refractivity contribution is 7.93. The van der Waals surface area contributed by atoms with E-state index < -0.39 is 14.9 Å². The second-order valence-electron chi connectivity index (χ2n) is 7.21. The zero-order valence-electron chi connectivity index (χ0n) is 16.6. The quantitative estimate of drug-likeness (QED) is 0.652. The summed E-state index contributed by atoms with van der Waals surface area (Å²) >= 11 is 0. The van der Waals surface area contributed by atoms with Crippen LogP contribution in [-0.4, -0.2) is 39.3 Å². The summed E-state index contributed by atoms with van der Waals surface area (Å²) < 4.78 is 30.3. The first kappa shape index (κ1) is 20.2. The Morgan fingerprint density at radius 2 is 1.80 bits per heavy atom. The van der Waals surface area contributed by atoms with Crippen molar-refractivity contribution >= 4 is 32.6 Å². The van der Waals surface area contributed by atoms with Crippen molar-refractivity contribution in [2.24, 2.45) is 12.2 Å². The summed E-state index contributed by atoms with van der Waals surface area (Å²) in [6, 6.07) is 18.0. The second-order valence-corrected chi connectivity index (χ2v) is 8.74. The van der Waals surface area contributed by atoms with Gasteiger partial charge in [-0.3, -0.25) is 0 Å². The number of rotatable bonds is 4. The summed E-state index contributed by atoms with van der Waals surface area (Å²) in [4.78, 5) is 1.86. The summed E-state index contributed by atoms with van der Waals surface area (Å²) in [5.41, 5.74) is 3.68. The van der Waals surface area contributed by atoms with Gasteiger partial charge in [-0.1, -0.05) is 18.2 Å². The number of nitrogens with two attached hydrogens (primary N) is 1. The van der Waals surface area contributed by atoms with E-state index in [0.29, 0.717) is 5.69 Å². The van der Waals surface area contributed by atoms with Crippen molar-refractivity contribution in [3.05, 3.63) is 59.1 Å². The molecule has 0 aliphatic carbocycles. The largest absolute Gasteiger partial charge is 0.378 e. The molecule has 0 spiro atoms. The predicted molar refractivity (Wildman–Crippen MR) is 118 cm³/mol. The van der Waals surface area contributed by atoms with Gasteiger partial charge in [-0.25, -0.2) is 13.6 Å². The minimum absolute atomic E-state index is 0.468. The maximum atomic E-state index is 11.5. The number of benzene rings is 2. The third kappa shape index (κ3) is 3.96. The third-order valence-electron chi connectivity index (χ3n) is 5.35. The molecule has 0 unspecified atom stereocenters. The normalized spacial score (nSPS) is 15.4. The number of anilines is 1. The van der Waals surface area contributed by atoms with Gasteiger partial charge in [-0.05, 0) is 52.7 Å². The minimum Gasteiger partial charge on any atom is -0.378 e. The topological polar surface area (TPSA) is 101 Å². The second kappa shape index (κ2) is 7.95. The predicted octanol–water partition coefficient (Wildman–Crippen LogP) is 2.83. The first-order chi connectivity index (χ1) is 14.4. The molecule has 0 radical (unpaired) electrons. The molecule has 30 heavy (non-hydrogen) atoms. The van der Waals surface area contributed by atoms with Gasteiger partial charge in [0, 0.05) is 37.2 Å². The lowest BCUT2D eigenvalue weighted by atomic mass is 10.0. The Hall–Kier alpha value is -3.12. The van der Waals surface area contributed by atoms with Gasteiger partial charge in [0.15, 0.2) is 4.91 Å². The molecule has 1 aromatic heterocycles. The number of hydrogen-bond acceptors (Lipinski definition) is 5. The van der Waals surface area contributed by atoms with E-state index in [1.807, 2.05) is 23.7 Å². The number of aromatic nitrogens is 1. The molecule has 3 aromatic rings. The van der Waals surface area contributed by atoms with Gasteiger partial charge in [0.2, 0.25) is 10.0 Å². The van der Waals surface area contributed by atoms with Crippen molar-refractivity contribution in [2.45, 2.75) is 0 Å². The summed E-state index contributed by atoms with van der Waals surface area (Å²) in [5, 5.41) is 16.4. The van der Waals surface area contributed by atoms with Crippen molar-refractivity contribution in [3.8, 4) is 17.3 Å². The van der Waals surface area contributed by atoms with Gasteiger partial charge in [-0.2, -0.15) is 5.26 Å². The summed E-state index contributed by atoms with van der Waals surface area (Å²) in [5.74, 6) is 0. The van der Waals surface area contributed by atoms with E-state index in [-0.39, 0.29) is 0 Å². The standard InChI is InChI=1S/C22H22N4O3S/c1-25-19(14-21(15-23)30(24,27)28)6-7-22(25)18-3-2-17-13-20(5-4-16(17)12-18)26-8-10-29-11-9-26/h2-7,12-14H,8-11H2,1H3,(H2,24,27,28)/b21-14+. The molecule has 154 valence electrons. The number of fused-ring (bicyclic) bond motifs is 1. The maximum absolute atomic E-state index is 11.5. The molecule has 2 N–H and O–H groups in total. The number of allylic oxidation sites excluding steroid dienone is 1. The molecule has 1 aliphatic heterocycles. The van der Waals surface area contributed by atoms with Crippen LogP contribution in [0.3, 0.4) is 0 Å². The van der Waals surface area contributed by atoms with Crippen LogP contribution in [-0.2, 0) is 21.8 Å². The number of nitrogens with zero attached hydrogens (tertiary/aromatic N) is 3. The molecular weight excluding hydrogens is 400 g/mol. The van der Waals surface area contributed by atoms with Crippen LogP contribution in [0.1, 0.15) is 5.69 Å². The summed E-state index contributed by atoms with van der Waals surface area (Å²) in [6.45, 7) is 3.29. The van der Waals surface area contributed by atoms with Crippen molar-refractivity contribution in [1.29, 1.82) is 5.26 Å². The van der Waals surface area contributed by atoms with E-state index in [4.69, 9.17) is 15.1 Å². The van der Waals surface area contributed by atoms with E-state index >= 15 is 0 Å². The van der Waals surface area contributed by atoms with Crippen LogP contribution in [0.4, 0.5) is 5.69 Å². The van der Waals surface area contributed by atoms with Crippen molar-refractivity contribution < 1.29 is 13.2 Å². The zero-order valence-corrected chi connectivity index (χ0v) is 17.4. The maximum Gasteiger partial charge on any atom is 0.248 e. The lowest BCUT2D eigenvalue weighted by Gasteiger charge is -2.29. The van der Waals surface area contributed by atoms with Crippen molar-refractivity contribution in [2.75, 3.05) is 31.2 Å². The number of sulfonamides is 1. The number of ether oxygens (including phenoxy) is 1. The SMILES string of the molecule is Cn1c(/C=C(\C#N)S(N)(=O)=O)ccc1-c1ccc2cc(N3CCOCC3)ccc2c1. The highest BCUT2D eigenvalue weighted by Crippen LogP contribution is 2.29. The molecule has 4 rings (SSSR count). The average molecular weight is 423 g/mol. The lowest BCUT2D eigenvalue weighted by molar-refractivity contribution is 0.122. The van der Waals surface area contributed by atoms with Gasteiger partial charge < -0.3 is 14.2 Å². The van der Waals surface area contributed by atoms with Crippen molar-refractivity contribution in [1.82, 2.24) is 4.57 Å². The number of morpholine rings is 1. The zero-order chi connectivity index (χ0) is 21.3. The van der Waals surface area contributed by atoms with Crippen LogP contribution in [0.15, 0.2) is 53.4 Å². The van der Waals surface area contributed by atoms with Gasteiger partial charge in [0.1, 0.15) is 6.07 Å². The fourth-order valence-corrected chi connectivity index (χ4v) is 4.10. The molecule has 1 aliphatic rings. The summed E-state index contributed by atoms with van der Waals surface area (Å²) in [7, 11) is -2.23. The van der Waals surface area contributed by atoms with Crippen LogP contribution < -0.4 is 10.0 Å². The van der Waals surface area contributed by atoms with E-state index in [1.165, 1.54) is 11.8 Å². The smallest absolute Gasteiger partial charge is 0.248 e. The van der Waals surface area contributed by atoms with E-state index in [0.717, 1.165) is 48.3 Å². The van der Waals surface area contributed by atoms with Gasteiger partial charge in [0.05, 0.1) is 13.2 Å². The van der Waals surface area contributed by atoms with Gasteiger partial charge >= 0.3 is 0 Å². The van der Waals surface area contributed by atoms with E-state index in [9.17, 15) is 8.42 Å².